The Labute approximate surface area is 323 Å². The van der Waals surface area contributed by atoms with Crippen molar-refractivity contribution >= 4 is 65.4 Å². The Morgan fingerprint density at radius 2 is 0.846 bits per heavy atom. The van der Waals surface area contributed by atoms with Crippen molar-refractivity contribution in [2.75, 3.05) is 0 Å². The van der Waals surface area contributed by atoms with Crippen molar-refractivity contribution in [3.05, 3.63) is 182 Å². The van der Waals surface area contributed by atoms with Crippen LogP contribution < -0.4 is 0 Å². The maximum Gasteiger partial charge on any atom is 0.136 e. The van der Waals surface area contributed by atoms with Crippen LogP contribution in [0.5, 0.6) is 0 Å². The van der Waals surface area contributed by atoms with E-state index in [9.17, 15) is 6.85 Å². The third-order valence-electron chi connectivity index (χ3n) is 9.55. The summed E-state index contributed by atoms with van der Waals surface area (Å²) in [5.41, 5.74) is 2.02. The Morgan fingerprint density at radius 3 is 1.54 bits per heavy atom. The van der Waals surface area contributed by atoms with Gasteiger partial charge in [0.15, 0.2) is 0 Å². The predicted molar refractivity (Wildman–Crippen MR) is 218 cm³/mol. The van der Waals surface area contributed by atoms with Crippen molar-refractivity contribution in [2.45, 2.75) is 0 Å². The van der Waals surface area contributed by atoms with Gasteiger partial charge in [-0.25, -0.2) is 0 Å². The van der Waals surface area contributed by atoms with E-state index in [2.05, 4.69) is 0 Å². The summed E-state index contributed by atoms with van der Waals surface area (Å²) in [5.74, 6) is 0. The number of rotatable bonds is 4. The minimum Gasteiger partial charge on any atom is -0.456 e. The fraction of sp³-hybridized carbons (Fsp3) is 0. The normalized spacial score (nSPS) is 16.4. The van der Waals surface area contributed by atoms with Crippen molar-refractivity contribution < 1.29 is 32.1 Å². The van der Waals surface area contributed by atoms with Gasteiger partial charge in [0.2, 0.25) is 0 Å². The van der Waals surface area contributed by atoms with Crippen molar-refractivity contribution in [3.8, 4) is 44.5 Å². The summed E-state index contributed by atoms with van der Waals surface area (Å²) in [6, 6.07) is 10.8. The first kappa shape index (κ1) is 16.9. The molecule has 0 fully saturated rings. The zero-order valence-corrected chi connectivity index (χ0v) is 26.8. The van der Waals surface area contributed by atoms with E-state index in [1.165, 1.54) is 0 Å². The lowest BCUT2D eigenvalue weighted by Gasteiger charge is -2.19. The fourth-order valence-electron chi connectivity index (χ4n) is 7.32. The Morgan fingerprint density at radius 1 is 0.327 bits per heavy atom. The van der Waals surface area contributed by atoms with E-state index in [1.54, 1.807) is 24.3 Å². The van der Waals surface area contributed by atoms with Crippen molar-refractivity contribution in [2.24, 2.45) is 0 Å². The van der Waals surface area contributed by atoms with Crippen LogP contribution in [0.2, 0.25) is 0 Å². The largest absolute Gasteiger partial charge is 0.456 e. The highest BCUT2D eigenvalue weighted by atomic mass is 16.3. The van der Waals surface area contributed by atoms with Crippen molar-refractivity contribution in [3.63, 3.8) is 0 Å². The van der Waals surface area contributed by atoms with Crippen LogP contribution in [-0.2, 0) is 0 Å². The van der Waals surface area contributed by atoms with Crippen LogP contribution in [0.1, 0.15) is 23.3 Å². The molecule has 52 heavy (non-hydrogen) atoms. The van der Waals surface area contributed by atoms with Crippen LogP contribution in [0.15, 0.2) is 190 Å². The molecule has 11 aromatic rings. The molecular weight excluding hydrogens is 633 g/mol. The predicted octanol–water partition coefficient (Wildman–Crippen LogP) is 14.5. The zero-order chi connectivity index (χ0) is 49.0. The van der Waals surface area contributed by atoms with Crippen molar-refractivity contribution in [1.29, 1.82) is 0 Å². The number of para-hydroxylation sites is 1. The van der Waals surface area contributed by atoms with Gasteiger partial charge in [-0.15, -0.1) is 0 Å². The Kier molecular flexibility index (Phi) is 3.67. The van der Waals surface area contributed by atoms with Crippen molar-refractivity contribution in [1.82, 2.24) is 0 Å². The highest BCUT2D eigenvalue weighted by Crippen LogP contribution is 2.46. The van der Waals surface area contributed by atoms with Crippen LogP contribution in [0, 0.1) is 0 Å². The van der Waals surface area contributed by atoms with Crippen LogP contribution in [-0.4, -0.2) is 0 Å². The van der Waals surface area contributed by atoms with Gasteiger partial charge in [-0.3, -0.25) is 0 Å². The molecule has 0 N–H and O–H groups in total. The molecule has 0 spiro atoms. The van der Waals surface area contributed by atoms with E-state index in [0.717, 1.165) is 38.3 Å². The summed E-state index contributed by atoms with van der Waals surface area (Å²) in [5, 5.41) is 2.32. The lowest BCUT2D eigenvalue weighted by molar-refractivity contribution is 0.663. The first-order valence-corrected chi connectivity index (χ1v) is 16.4. The molecule has 2 nitrogen and oxygen atoms in total. The molecule has 2 heteroatoms. The Balaban J connectivity index is 1.22. The van der Waals surface area contributed by atoms with E-state index in [1.807, 2.05) is 54.6 Å². The molecule has 0 saturated carbocycles. The SMILES string of the molecule is [2H]c1c([2H])c([2H])c(-c2c([2H])c([2H])c([2H])c([2H])c2-c2c3c([2H])c([2H])c([2H])c([2H])c3c(-c3ccc(-c4ccc5c(c4)oc4ccc6oc7ccccc7c6c45)cc3)c3c([2H])c([2H])c([2H])c([2H])c23)c([2H])c1[2H]. The van der Waals surface area contributed by atoms with Crippen LogP contribution >= 0.6 is 0 Å². The molecule has 0 aliphatic rings. The first-order valence-electron chi connectivity index (χ1n) is 24.9. The van der Waals surface area contributed by atoms with E-state index in [4.69, 9.17) is 25.3 Å². The minimum absolute atomic E-state index is 0.0383. The molecule has 2 aromatic heterocycles. The molecule has 2 heterocycles. The van der Waals surface area contributed by atoms with E-state index in [0.29, 0.717) is 16.7 Å². The van der Waals surface area contributed by atoms with Crippen LogP contribution in [0.25, 0.3) is 110 Å². The van der Waals surface area contributed by atoms with E-state index >= 15 is 0 Å². The summed E-state index contributed by atoms with van der Waals surface area (Å²) >= 11 is 0. The molecule has 242 valence electrons. The maximum absolute atomic E-state index is 9.43. The van der Waals surface area contributed by atoms with Gasteiger partial charge in [-0.1, -0.05) is 151 Å². The number of hydrogen-bond donors (Lipinski definition) is 0. The summed E-state index contributed by atoms with van der Waals surface area (Å²) in [4.78, 5) is 0. The lowest BCUT2D eigenvalue weighted by Crippen LogP contribution is -1.92. The number of fused-ring (bicyclic) bond motifs is 9. The number of hydrogen-bond acceptors (Lipinski definition) is 2. The lowest BCUT2D eigenvalue weighted by atomic mass is 9.83. The molecule has 0 amide bonds. The third-order valence-corrected chi connectivity index (χ3v) is 9.55. The highest BCUT2D eigenvalue weighted by molar-refractivity contribution is 6.26. The van der Waals surface area contributed by atoms with Crippen LogP contribution in [0.3, 0.4) is 0 Å². The molecule has 0 unspecified atom stereocenters. The Bertz CT molecular complexity index is 4050. The number of furan rings is 2. The van der Waals surface area contributed by atoms with Gasteiger partial charge < -0.3 is 8.83 Å². The molecule has 11 rings (SSSR count). The van der Waals surface area contributed by atoms with Gasteiger partial charge in [0, 0.05) is 21.5 Å². The van der Waals surface area contributed by atoms with E-state index < -0.39 is 136 Å². The second kappa shape index (κ2) is 11.3. The highest BCUT2D eigenvalue weighted by Gasteiger charge is 2.20. The summed E-state index contributed by atoms with van der Waals surface area (Å²) < 4.78 is 165. The molecular formula is C50H30O2. The molecule has 0 atom stereocenters. The molecule has 0 bridgehead atoms. The van der Waals surface area contributed by atoms with E-state index in [-0.39, 0.29) is 21.9 Å². The topological polar surface area (TPSA) is 26.3 Å². The second-order valence-corrected chi connectivity index (χ2v) is 12.3. The van der Waals surface area contributed by atoms with Gasteiger partial charge in [-0.05, 0) is 96.4 Å². The van der Waals surface area contributed by atoms with Gasteiger partial charge in [0.1, 0.15) is 22.3 Å². The van der Waals surface area contributed by atoms with Gasteiger partial charge in [0.05, 0.1) is 23.3 Å². The minimum atomic E-state index is -0.865. The zero-order valence-electron chi connectivity index (χ0n) is 43.8. The molecule has 0 aliphatic heterocycles. The fourth-order valence-corrected chi connectivity index (χ4v) is 7.32. The monoisotopic (exact) mass is 679 g/mol. The summed E-state index contributed by atoms with van der Waals surface area (Å²) in [6.45, 7) is 0. The van der Waals surface area contributed by atoms with Gasteiger partial charge in [-0.2, -0.15) is 0 Å². The first-order chi connectivity index (χ1) is 32.8. The quantitative estimate of drug-likeness (QED) is 0.173. The second-order valence-electron chi connectivity index (χ2n) is 12.3. The smallest absolute Gasteiger partial charge is 0.136 e. The molecule has 9 aromatic carbocycles. The van der Waals surface area contributed by atoms with Gasteiger partial charge >= 0.3 is 0 Å². The average Bonchev–Trinajstić information content (AvgIpc) is 3.93. The molecule has 0 radical (unpaired) electrons. The average molecular weight is 680 g/mol. The molecule has 0 aliphatic carbocycles. The van der Waals surface area contributed by atoms with Crippen LogP contribution in [0.4, 0.5) is 0 Å². The Hall–Kier alpha value is -6.90. The number of benzene rings is 9. The standard InChI is InChI=1S/C50H30O2/c1-2-12-32(13-3-1)35-14-4-5-15-36(35)48-39-18-8-6-16-37(39)47(38-17-7-9-19-40(38)48)33-24-22-31(23-25-33)34-26-27-42-46(30-34)52-45-29-28-44-49(50(42)45)41-20-10-11-21-43(41)51-44/h1-30H/i1D,2D,3D,4D,5D,6D,7D,8D,9D,12D,13D,14D,15D,16D,17D,18D,19D. The summed E-state index contributed by atoms with van der Waals surface area (Å²) in [7, 11) is 0. The summed E-state index contributed by atoms with van der Waals surface area (Å²) in [6.07, 6.45) is 0. The molecule has 0 saturated heterocycles. The van der Waals surface area contributed by atoms with Gasteiger partial charge in [0.25, 0.3) is 0 Å². The maximum atomic E-state index is 9.43. The third kappa shape index (κ3) is 4.31.